The number of amides is 1. The van der Waals surface area contributed by atoms with Gasteiger partial charge in [-0.25, -0.2) is 18.2 Å². The van der Waals surface area contributed by atoms with Crippen molar-refractivity contribution in [1.29, 1.82) is 0 Å². The molecule has 39 heavy (non-hydrogen) atoms. The second-order valence-corrected chi connectivity index (χ2v) is 11.0. The first-order chi connectivity index (χ1) is 18.9. The predicted molar refractivity (Wildman–Crippen MR) is 151 cm³/mol. The van der Waals surface area contributed by atoms with E-state index in [4.69, 9.17) is 9.72 Å². The number of halogens is 4. The predicted octanol–water partition coefficient (Wildman–Crippen LogP) is 5.17. The monoisotopic (exact) mass is 652 g/mol. The molecule has 0 bridgehead atoms. The van der Waals surface area contributed by atoms with Gasteiger partial charge in [0.25, 0.3) is 0 Å². The number of carbonyl (C=O) groups is 1. The van der Waals surface area contributed by atoms with E-state index in [1.54, 1.807) is 11.1 Å². The van der Waals surface area contributed by atoms with Crippen LogP contribution in [0.15, 0.2) is 54.7 Å². The number of aromatic nitrogens is 2. The van der Waals surface area contributed by atoms with Crippen LogP contribution in [0.4, 0.5) is 13.2 Å². The molecule has 5 rings (SSSR count). The van der Waals surface area contributed by atoms with Crippen molar-refractivity contribution in [3.63, 3.8) is 0 Å². The Bertz CT molecular complexity index is 1270. The lowest BCUT2D eigenvalue weighted by Crippen LogP contribution is -2.45. The van der Waals surface area contributed by atoms with Crippen LogP contribution in [0.2, 0.25) is 0 Å². The maximum Gasteiger partial charge on any atom is 0.233 e. The molecular weight excluding hydrogens is 620 g/mol. The number of ether oxygens (including phenoxy) is 1. The molecule has 1 aromatic heterocycles. The topological polar surface area (TPSA) is 59.4 Å². The van der Waals surface area contributed by atoms with Crippen molar-refractivity contribution < 1.29 is 22.7 Å². The number of alkyl halides is 2. The zero-order valence-corrected chi connectivity index (χ0v) is 23.7. The van der Waals surface area contributed by atoms with Crippen LogP contribution >= 0.6 is 22.6 Å². The molecule has 2 aromatic carbocycles. The molecule has 3 aromatic rings. The third-order valence-corrected chi connectivity index (χ3v) is 8.30. The van der Waals surface area contributed by atoms with Crippen LogP contribution in [0.3, 0.4) is 0 Å². The van der Waals surface area contributed by atoms with E-state index >= 15 is 0 Å². The smallest absolute Gasteiger partial charge is 0.233 e. The summed E-state index contributed by atoms with van der Waals surface area (Å²) >= 11 is 2.05. The largest absolute Gasteiger partial charge is 0.381 e. The summed E-state index contributed by atoms with van der Waals surface area (Å²) in [4.78, 5) is 20.2. The van der Waals surface area contributed by atoms with E-state index in [-0.39, 0.29) is 40.8 Å². The quantitative estimate of drug-likeness (QED) is 0.256. The zero-order valence-electron chi connectivity index (χ0n) is 21.5. The van der Waals surface area contributed by atoms with Gasteiger partial charge < -0.3 is 19.5 Å². The minimum absolute atomic E-state index is 0.0141. The minimum Gasteiger partial charge on any atom is -0.381 e. The average Bonchev–Trinajstić information content (AvgIpc) is 3.56. The van der Waals surface area contributed by atoms with Gasteiger partial charge in [-0.05, 0) is 42.5 Å². The van der Waals surface area contributed by atoms with E-state index in [0.29, 0.717) is 50.7 Å². The van der Waals surface area contributed by atoms with Crippen LogP contribution in [-0.2, 0) is 16.1 Å². The second kappa shape index (κ2) is 12.8. The Morgan fingerprint density at radius 3 is 2.62 bits per heavy atom. The molecule has 0 unspecified atom stereocenters. The summed E-state index contributed by atoms with van der Waals surface area (Å²) < 4.78 is 51.6. The molecule has 10 heteroatoms. The fourth-order valence-electron chi connectivity index (χ4n) is 5.61. The van der Waals surface area contributed by atoms with E-state index < -0.39 is 23.8 Å². The molecule has 0 aliphatic carbocycles. The summed E-state index contributed by atoms with van der Waals surface area (Å²) in [7, 11) is 0. The highest BCUT2D eigenvalue weighted by Crippen LogP contribution is 2.38. The zero-order chi connectivity index (χ0) is 27.4. The summed E-state index contributed by atoms with van der Waals surface area (Å²) in [5.41, 5.74) is 1.36. The lowest BCUT2D eigenvalue weighted by atomic mass is 9.88. The van der Waals surface area contributed by atoms with Crippen LogP contribution in [0.1, 0.15) is 30.3 Å². The molecule has 1 amide bonds. The van der Waals surface area contributed by atoms with Crippen molar-refractivity contribution >= 4 is 28.5 Å². The van der Waals surface area contributed by atoms with Crippen molar-refractivity contribution in [2.45, 2.75) is 31.6 Å². The molecule has 2 fully saturated rings. The fraction of sp³-hybridized carbons (Fsp3) is 0.448. The number of nitrogens with zero attached hydrogens (tertiary/aromatic N) is 3. The Morgan fingerprint density at radius 1 is 1.15 bits per heavy atom. The lowest BCUT2D eigenvalue weighted by molar-refractivity contribution is -0.134. The first-order valence-corrected chi connectivity index (χ1v) is 14.8. The summed E-state index contributed by atoms with van der Waals surface area (Å²) in [6, 6.07) is 12.6. The number of nitrogens with one attached hydrogen (secondary N) is 1. The third kappa shape index (κ3) is 6.49. The van der Waals surface area contributed by atoms with Crippen molar-refractivity contribution in [3.8, 4) is 11.3 Å². The van der Waals surface area contributed by atoms with Crippen LogP contribution < -0.4 is 5.32 Å². The van der Waals surface area contributed by atoms with E-state index in [2.05, 4.69) is 27.9 Å². The molecule has 0 spiro atoms. The Balaban J connectivity index is 1.64. The van der Waals surface area contributed by atoms with E-state index in [0.717, 1.165) is 23.8 Å². The van der Waals surface area contributed by atoms with Gasteiger partial charge in [0.15, 0.2) is 0 Å². The number of hydrogen-bond donors (Lipinski definition) is 1. The van der Waals surface area contributed by atoms with Crippen LogP contribution in [0.5, 0.6) is 0 Å². The molecule has 3 atom stereocenters. The van der Waals surface area contributed by atoms with Crippen LogP contribution in [0, 0.1) is 23.5 Å². The Morgan fingerprint density at radius 2 is 1.92 bits per heavy atom. The molecule has 208 valence electrons. The molecule has 2 aliphatic rings. The number of hydrogen-bond acceptors (Lipinski definition) is 4. The van der Waals surface area contributed by atoms with Gasteiger partial charge in [0.1, 0.15) is 23.6 Å². The highest BCUT2D eigenvalue weighted by Gasteiger charge is 2.39. The summed E-state index contributed by atoms with van der Waals surface area (Å²) in [6.07, 6.45) is 2.10. The second-order valence-electron chi connectivity index (χ2n) is 10.2. The Hall–Kier alpha value is -2.44. The van der Waals surface area contributed by atoms with Gasteiger partial charge >= 0.3 is 0 Å². The minimum atomic E-state index is -1.05. The molecular formula is C29H32F3IN4O2. The summed E-state index contributed by atoms with van der Waals surface area (Å²) in [5.74, 6) is -0.969. The van der Waals surface area contributed by atoms with Gasteiger partial charge in [-0.1, -0.05) is 52.9 Å². The van der Waals surface area contributed by atoms with Crippen molar-refractivity contribution in [2.75, 3.05) is 37.3 Å². The maximum absolute atomic E-state index is 14.9. The van der Waals surface area contributed by atoms with E-state index in [1.807, 2.05) is 34.9 Å². The summed E-state index contributed by atoms with van der Waals surface area (Å²) in [5, 5.41) is 3.09. The highest BCUT2D eigenvalue weighted by atomic mass is 127. The first-order valence-electron chi connectivity index (χ1n) is 13.3. The number of rotatable bonds is 9. The fourth-order valence-corrected chi connectivity index (χ4v) is 6.05. The average molecular weight is 652 g/mol. The van der Waals surface area contributed by atoms with Gasteiger partial charge in [-0.15, -0.1) is 0 Å². The van der Waals surface area contributed by atoms with E-state index in [9.17, 15) is 18.0 Å². The van der Waals surface area contributed by atoms with Gasteiger partial charge in [-0.2, -0.15) is 0 Å². The van der Waals surface area contributed by atoms with Gasteiger partial charge in [0.2, 0.25) is 5.91 Å². The highest BCUT2D eigenvalue weighted by molar-refractivity contribution is 14.1. The van der Waals surface area contributed by atoms with Crippen molar-refractivity contribution in [2.24, 2.45) is 11.8 Å². The SMILES string of the molecule is O=C(CI)N(C[C@@H]1CNC[C@@H]1F)[C@@H](c1nc(-c2cc(F)ccc2F)cn1Cc1ccccc1)C1CCOCC1. The molecule has 6 nitrogen and oxygen atoms in total. The molecule has 3 heterocycles. The van der Waals surface area contributed by atoms with Crippen molar-refractivity contribution in [3.05, 3.63) is 77.8 Å². The van der Waals surface area contributed by atoms with Gasteiger partial charge in [0, 0.05) is 57.1 Å². The molecule has 0 radical (unpaired) electrons. The Kier molecular flexibility index (Phi) is 9.24. The maximum atomic E-state index is 14.9. The van der Waals surface area contributed by atoms with Crippen LogP contribution in [0.25, 0.3) is 11.3 Å². The standard InChI is InChI=1S/C29H32F3IN4O2/c30-22-6-7-24(31)23(12-22)26-18-36(16-19-4-2-1-3-5-19)29(35-26)28(20-8-10-39-11-9-20)37(27(38)13-33)17-21-14-34-15-25(21)32/h1-7,12,18,20-21,25,28,34H,8-11,13-17H2/t21-,25-,28+/m0/s1. The number of benzene rings is 2. The lowest BCUT2D eigenvalue weighted by Gasteiger charge is -2.39. The molecule has 0 saturated carbocycles. The molecule has 1 N–H and O–H groups in total. The van der Waals surface area contributed by atoms with Gasteiger partial charge in [-0.3, -0.25) is 4.79 Å². The third-order valence-electron chi connectivity index (χ3n) is 7.64. The first kappa shape index (κ1) is 28.1. The number of carbonyl (C=O) groups excluding carboxylic acids is 1. The van der Waals surface area contributed by atoms with Gasteiger partial charge in [0.05, 0.1) is 16.2 Å². The normalized spacial score (nSPS) is 20.7. The number of imidazole rings is 1. The van der Waals surface area contributed by atoms with Crippen LogP contribution in [-0.4, -0.2) is 63.8 Å². The molecule has 2 aliphatic heterocycles. The molecule has 2 saturated heterocycles. The van der Waals surface area contributed by atoms with Crippen molar-refractivity contribution in [1.82, 2.24) is 19.8 Å². The Labute approximate surface area is 240 Å². The van der Waals surface area contributed by atoms with E-state index in [1.165, 1.54) is 0 Å². The summed E-state index contributed by atoms with van der Waals surface area (Å²) in [6.45, 7) is 2.54.